The summed E-state index contributed by atoms with van der Waals surface area (Å²) in [7, 11) is 0. The van der Waals surface area contributed by atoms with Gasteiger partial charge in [0, 0.05) is 22.4 Å². The van der Waals surface area contributed by atoms with Gasteiger partial charge in [0.05, 0.1) is 11.1 Å². The number of rotatable bonds is 5. The molecule has 0 unspecified atom stereocenters. The molecule has 0 bridgehead atoms. The van der Waals surface area contributed by atoms with Crippen LogP contribution in [0.2, 0.25) is 10.0 Å². The Labute approximate surface area is 162 Å². The third-order valence-corrected chi connectivity index (χ3v) is 5.08. The van der Waals surface area contributed by atoms with E-state index in [0.717, 1.165) is 24.8 Å². The minimum atomic E-state index is -2.82. The molecule has 10 heteroatoms. The molecule has 0 saturated heterocycles. The second kappa shape index (κ2) is 7.01. The summed E-state index contributed by atoms with van der Waals surface area (Å²) < 4.78 is 30.0. The normalized spacial score (nSPS) is 15.6. The lowest BCUT2D eigenvalue weighted by molar-refractivity contribution is 0.116. The molecule has 0 radical (unpaired) electrons. The van der Waals surface area contributed by atoms with E-state index in [0.29, 0.717) is 21.6 Å². The summed E-state index contributed by atoms with van der Waals surface area (Å²) in [5.41, 5.74) is 0.925. The summed E-state index contributed by atoms with van der Waals surface area (Å²) in [6, 6.07) is 5.40. The first-order valence-electron chi connectivity index (χ1n) is 8.14. The number of anilines is 1. The third kappa shape index (κ3) is 3.46. The van der Waals surface area contributed by atoms with E-state index < -0.39 is 12.3 Å². The zero-order chi connectivity index (χ0) is 19.0. The molecule has 0 aliphatic heterocycles. The quantitative estimate of drug-likeness (QED) is 0.616. The number of benzene rings is 1. The van der Waals surface area contributed by atoms with Gasteiger partial charge < -0.3 is 9.73 Å². The lowest BCUT2D eigenvalue weighted by Crippen LogP contribution is -2.42. The third-order valence-electron chi connectivity index (χ3n) is 4.53. The van der Waals surface area contributed by atoms with Crippen LogP contribution in [-0.2, 0) is 5.54 Å². The second-order valence-corrected chi connectivity index (χ2v) is 7.07. The van der Waals surface area contributed by atoms with Crippen LogP contribution in [0.1, 0.15) is 37.1 Å². The van der Waals surface area contributed by atoms with Gasteiger partial charge in [-0.2, -0.15) is 8.78 Å². The number of hydrogen-bond donors (Lipinski definition) is 1. The largest absolute Gasteiger partial charge is 0.415 e. The van der Waals surface area contributed by atoms with Gasteiger partial charge in [0.1, 0.15) is 0 Å². The van der Waals surface area contributed by atoms with Crippen molar-refractivity contribution in [2.75, 3.05) is 5.32 Å². The molecule has 140 valence electrons. The van der Waals surface area contributed by atoms with Crippen molar-refractivity contribution >= 4 is 29.2 Å². The first-order valence-corrected chi connectivity index (χ1v) is 8.90. The molecule has 0 spiro atoms. The number of nitrogens with one attached hydrogen (secondary N) is 1. The minimum Gasteiger partial charge on any atom is -0.415 e. The SMILES string of the molecule is FC(F)c1nnc(-c2cnc(NC3(c4ccc(Cl)cc4Cl)CCC3)nc2)o1. The predicted octanol–water partition coefficient (Wildman–Crippen LogP) is 5.26. The Kier molecular flexibility index (Phi) is 4.69. The maximum absolute atomic E-state index is 12.6. The monoisotopic (exact) mass is 411 g/mol. The Balaban J connectivity index is 1.56. The molecule has 4 rings (SSSR count). The Morgan fingerprint density at radius 2 is 1.85 bits per heavy atom. The molecule has 1 saturated carbocycles. The van der Waals surface area contributed by atoms with Gasteiger partial charge in [-0.15, -0.1) is 10.2 Å². The summed E-state index contributed by atoms with van der Waals surface area (Å²) in [6.45, 7) is 0. The van der Waals surface area contributed by atoms with E-state index in [-0.39, 0.29) is 11.4 Å². The number of aromatic nitrogens is 4. The molecule has 27 heavy (non-hydrogen) atoms. The minimum absolute atomic E-state index is 0.0593. The molecular weight excluding hydrogens is 399 g/mol. The molecule has 1 aromatic carbocycles. The van der Waals surface area contributed by atoms with Gasteiger partial charge in [0.2, 0.25) is 5.95 Å². The molecule has 2 heterocycles. The molecule has 1 aliphatic carbocycles. The standard InChI is InChI=1S/C17H13Cl2F2N5O/c18-10-2-3-11(12(19)6-10)17(4-1-5-17)24-16-22-7-9(8-23-16)14-25-26-15(27-14)13(20)21/h2-3,6-8,13H,1,4-5H2,(H,22,23,24). The first-order chi connectivity index (χ1) is 13.0. The fourth-order valence-corrected chi connectivity index (χ4v) is 3.62. The molecule has 1 aliphatic rings. The topological polar surface area (TPSA) is 76.7 Å². The van der Waals surface area contributed by atoms with Gasteiger partial charge in [-0.3, -0.25) is 0 Å². The van der Waals surface area contributed by atoms with Crippen LogP contribution in [0.5, 0.6) is 0 Å². The number of halogens is 4. The van der Waals surface area contributed by atoms with Gasteiger partial charge in [0.15, 0.2) is 0 Å². The molecular formula is C17H13Cl2F2N5O. The van der Waals surface area contributed by atoms with Crippen molar-refractivity contribution in [3.63, 3.8) is 0 Å². The maximum atomic E-state index is 12.6. The van der Waals surface area contributed by atoms with Crippen LogP contribution in [0.4, 0.5) is 14.7 Å². The van der Waals surface area contributed by atoms with E-state index in [1.54, 1.807) is 12.1 Å². The molecule has 0 atom stereocenters. The molecule has 1 N–H and O–H groups in total. The molecule has 3 aromatic rings. The van der Waals surface area contributed by atoms with Crippen LogP contribution in [0, 0.1) is 0 Å². The van der Waals surface area contributed by atoms with E-state index >= 15 is 0 Å². The average Bonchev–Trinajstić information content (AvgIpc) is 3.10. The molecule has 2 aromatic heterocycles. The highest BCUT2D eigenvalue weighted by atomic mass is 35.5. The first kappa shape index (κ1) is 18.1. The smallest absolute Gasteiger partial charge is 0.314 e. The summed E-state index contributed by atoms with van der Waals surface area (Å²) in [4.78, 5) is 8.48. The number of hydrogen-bond acceptors (Lipinski definition) is 6. The maximum Gasteiger partial charge on any atom is 0.314 e. The zero-order valence-electron chi connectivity index (χ0n) is 13.8. The van der Waals surface area contributed by atoms with Crippen LogP contribution in [0.3, 0.4) is 0 Å². The van der Waals surface area contributed by atoms with Gasteiger partial charge in [0.25, 0.3) is 11.8 Å². The lowest BCUT2D eigenvalue weighted by atomic mass is 9.72. The average molecular weight is 412 g/mol. The van der Waals surface area contributed by atoms with Crippen LogP contribution < -0.4 is 5.32 Å². The van der Waals surface area contributed by atoms with E-state index in [9.17, 15) is 8.78 Å². The van der Waals surface area contributed by atoms with Crippen molar-refractivity contribution in [1.82, 2.24) is 20.2 Å². The zero-order valence-corrected chi connectivity index (χ0v) is 15.3. The van der Waals surface area contributed by atoms with Gasteiger partial charge in [-0.25, -0.2) is 9.97 Å². The summed E-state index contributed by atoms with van der Waals surface area (Å²) in [5.74, 6) is -0.410. The Morgan fingerprint density at radius 1 is 1.11 bits per heavy atom. The van der Waals surface area contributed by atoms with E-state index in [1.165, 1.54) is 12.4 Å². The summed E-state index contributed by atoms with van der Waals surface area (Å²) >= 11 is 12.4. The van der Waals surface area contributed by atoms with Gasteiger partial charge >= 0.3 is 6.43 Å². The fraction of sp³-hybridized carbons (Fsp3) is 0.294. The van der Waals surface area contributed by atoms with E-state index in [1.807, 2.05) is 6.07 Å². The highest BCUT2D eigenvalue weighted by Gasteiger charge is 2.40. The summed E-state index contributed by atoms with van der Waals surface area (Å²) in [5, 5.41) is 11.4. The van der Waals surface area contributed by atoms with Crippen LogP contribution in [-0.4, -0.2) is 20.2 Å². The molecule has 6 nitrogen and oxygen atoms in total. The molecule has 0 amide bonds. The molecule has 1 fully saturated rings. The lowest BCUT2D eigenvalue weighted by Gasteiger charge is -2.43. The second-order valence-electron chi connectivity index (χ2n) is 6.23. The predicted molar refractivity (Wildman–Crippen MR) is 95.9 cm³/mol. The Hall–Kier alpha value is -2.32. The Morgan fingerprint density at radius 3 is 2.41 bits per heavy atom. The van der Waals surface area contributed by atoms with E-state index in [2.05, 4.69) is 25.5 Å². The van der Waals surface area contributed by atoms with Crippen LogP contribution in [0.25, 0.3) is 11.5 Å². The summed E-state index contributed by atoms with van der Waals surface area (Å²) in [6.07, 6.45) is 2.85. The highest BCUT2D eigenvalue weighted by molar-refractivity contribution is 6.35. The van der Waals surface area contributed by atoms with Crippen LogP contribution >= 0.6 is 23.2 Å². The van der Waals surface area contributed by atoms with Crippen molar-refractivity contribution in [2.45, 2.75) is 31.2 Å². The number of alkyl halides is 2. The fourth-order valence-electron chi connectivity index (χ4n) is 3.03. The van der Waals surface area contributed by atoms with Crippen LogP contribution in [0.15, 0.2) is 35.0 Å². The van der Waals surface area contributed by atoms with Crippen molar-refractivity contribution in [3.8, 4) is 11.5 Å². The van der Waals surface area contributed by atoms with E-state index in [4.69, 9.17) is 27.6 Å². The highest BCUT2D eigenvalue weighted by Crippen LogP contribution is 2.46. The van der Waals surface area contributed by atoms with Gasteiger partial charge in [-0.05, 0) is 37.0 Å². The Bertz CT molecular complexity index is 960. The van der Waals surface area contributed by atoms with Crippen molar-refractivity contribution in [1.29, 1.82) is 0 Å². The van der Waals surface area contributed by atoms with Crippen molar-refractivity contribution in [3.05, 3.63) is 52.1 Å². The van der Waals surface area contributed by atoms with Crippen molar-refractivity contribution < 1.29 is 13.2 Å². The van der Waals surface area contributed by atoms with Gasteiger partial charge in [-0.1, -0.05) is 29.3 Å². The van der Waals surface area contributed by atoms with Crippen molar-refractivity contribution in [2.24, 2.45) is 0 Å². The number of nitrogens with zero attached hydrogens (tertiary/aromatic N) is 4.